The van der Waals surface area contributed by atoms with Gasteiger partial charge in [-0.05, 0) is 35.9 Å². The van der Waals surface area contributed by atoms with Crippen LogP contribution in [0.1, 0.15) is 21.8 Å². The summed E-state index contributed by atoms with van der Waals surface area (Å²) in [5, 5.41) is 10.8. The average Bonchev–Trinajstić information content (AvgIpc) is 3.33. The first kappa shape index (κ1) is 18.5. The molecule has 1 amide bonds. The van der Waals surface area contributed by atoms with Gasteiger partial charge in [0.15, 0.2) is 16.6 Å². The maximum atomic E-state index is 12.4. The molecule has 2 aromatic carbocycles. The first-order chi connectivity index (χ1) is 13.7. The molecule has 4 aromatic rings. The molecule has 0 aliphatic carbocycles. The molecule has 4 rings (SSSR count). The van der Waals surface area contributed by atoms with E-state index in [-0.39, 0.29) is 5.91 Å². The summed E-state index contributed by atoms with van der Waals surface area (Å²) in [6.07, 6.45) is 1.99. The highest BCUT2D eigenvalue weighted by atomic mass is 35.5. The number of H-pyrrole nitrogens is 1. The molecule has 0 fully saturated rings. The van der Waals surface area contributed by atoms with Gasteiger partial charge in [-0.2, -0.15) is 5.10 Å². The number of hydrogen-bond acceptors (Lipinski definition) is 6. The average molecular weight is 414 g/mol. The van der Waals surface area contributed by atoms with E-state index in [2.05, 4.69) is 25.5 Å². The fourth-order valence-electron chi connectivity index (χ4n) is 2.69. The third-order valence-corrected chi connectivity index (χ3v) is 5.07. The minimum absolute atomic E-state index is 0.159. The molecule has 0 saturated heterocycles. The van der Waals surface area contributed by atoms with Crippen LogP contribution in [0.4, 0.5) is 0 Å². The van der Waals surface area contributed by atoms with E-state index in [1.165, 1.54) is 18.1 Å². The lowest BCUT2D eigenvalue weighted by Gasteiger charge is -2.04. The predicted octanol–water partition coefficient (Wildman–Crippen LogP) is 3.71. The zero-order valence-corrected chi connectivity index (χ0v) is 16.3. The van der Waals surface area contributed by atoms with Crippen LogP contribution in [0.15, 0.2) is 58.4 Å². The van der Waals surface area contributed by atoms with Gasteiger partial charge in [0.05, 0.1) is 0 Å². The zero-order valence-electron chi connectivity index (χ0n) is 14.7. The van der Waals surface area contributed by atoms with E-state index in [4.69, 9.17) is 16.0 Å². The number of carbonyl (C=O) groups is 1. The van der Waals surface area contributed by atoms with E-state index in [1.54, 1.807) is 18.2 Å². The molecule has 0 unspecified atom stereocenters. The number of rotatable bonds is 7. The molecule has 9 heteroatoms. The Labute approximate surface area is 169 Å². The number of fused-ring (bicyclic) bond motifs is 1. The third kappa shape index (κ3) is 4.52. The van der Waals surface area contributed by atoms with Crippen molar-refractivity contribution in [2.45, 2.75) is 11.6 Å². The molecule has 2 N–H and O–H groups in total. The van der Waals surface area contributed by atoms with Crippen molar-refractivity contribution >= 4 is 40.4 Å². The minimum atomic E-state index is -0.159. The van der Waals surface area contributed by atoms with Gasteiger partial charge in [-0.1, -0.05) is 35.5 Å². The van der Waals surface area contributed by atoms with Gasteiger partial charge in [0.1, 0.15) is 11.8 Å². The van der Waals surface area contributed by atoms with Gasteiger partial charge in [0.25, 0.3) is 5.91 Å². The maximum Gasteiger partial charge on any atom is 0.251 e. The number of aromatic nitrogens is 4. The number of thioether (sulfide) groups is 1. The summed E-state index contributed by atoms with van der Waals surface area (Å²) in [6, 6.07) is 12.8. The molecule has 28 heavy (non-hydrogen) atoms. The van der Waals surface area contributed by atoms with Crippen LogP contribution in [0.25, 0.3) is 11.1 Å². The van der Waals surface area contributed by atoms with E-state index in [1.807, 2.05) is 24.3 Å². The Kier molecular flexibility index (Phi) is 5.59. The Bertz CT molecular complexity index is 1100. The normalized spacial score (nSPS) is 11.0. The van der Waals surface area contributed by atoms with Gasteiger partial charge < -0.3 is 9.73 Å². The van der Waals surface area contributed by atoms with Gasteiger partial charge in [-0.3, -0.25) is 9.89 Å². The standard InChI is InChI=1S/C19H16ClN5O2S/c20-14-3-1-2-12(8-14)9-17-24-15-5-4-13(10-16(15)27-17)18(26)21-6-7-28-19-22-11-23-25-19/h1-5,8,10-11H,6-7,9H2,(H,21,26)(H,22,23,25). The van der Waals surface area contributed by atoms with Crippen molar-refractivity contribution in [1.82, 2.24) is 25.5 Å². The number of carbonyl (C=O) groups excluding carboxylic acids is 1. The first-order valence-corrected chi connectivity index (χ1v) is 9.94. The molecule has 0 radical (unpaired) electrons. The van der Waals surface area contributed by atoms with Gasteiger partial charge in [0.2, 0.25) is 0 Å². The lowest BCUT2D eigenvalue weighted by Crippen LogP contribution is -2.25. The first-order valence-electron chi connectivity index (χ1n) is 8.58. The molecular formula is C19H16ClN5O2S. The fraction of sp³-hybridized carbons (Fsp3) is 0.158. The number of halogens is 1. The Balaban J connectivity index is 1.38. The third-order valence-electron chi connectivity index (χ3n) is 3.96. The highest BCUT2D eigenvalue weighted by Crippen LogP contribution is 2.21. The van der Waals surface area contributed by atoms with Crippen molar-refractivity contribution < 1.29 is 9.21 Å². The largest absolute Gasteiger partial charge is 0.440 e. The van der Waals surface area contributed by atoms with Crippen LogP contribution in [0.5, 0.6) is 0 Å². The second kappa shape index (κ2) is 8.45. The topological polar surface area (TPSA) is 96.7 Å². The van der Waals surface area contributed by atoms with E-state index in [0.717, 1.165) is 16.2 Å². The van der Waals surface area contributed by atoms with E-state index in [0.29, 0.717) is 40.8 Å². The second-order valence-corrected chi connectivity index (χ2v) is 7.51. The number of amides is 1. The van der Waals surface area contributed by atoms with Gasteiger partial charge in [-0.15, -0.1) is 0 Å². The van der Waals surface area contributed by atoms with Crippen molar-refractivity contribution in [2.24, 2.45) is 0 Å². The molecule has 142 valence electrons. The van der Waals surface area contributed by atoms with Crippen LogP contribution in [0, 0.1) is 0 Å². The Morgan fingerprint density at radius 1 is 1.25 bits per heavy atom. The Morgan fingerprint density at radius 2 is 2.18 bits per heavy atom. The number of nitrogens with zero attached hydrogens (tertiary/aromatic N) is 3. The van der Waals surface area contributed by atoms with E-state index >= 15 is 0 Å². The number of nitrogens with one attached hydrogen (secondary N) is 2. The summed E-state index contributed by atoms with van der Waals surface area (Å²) in [4.78, 5) is 20.9. The summed E-state index contributed by atoms with van der Waals surface area (Å²) < 4.78 is 5.82. The molecule has 2 aromatic heterocycles. The molecule has 7 nitrogen and oxygen atoms in total. The summed E-state index contributed by atoms with van der Waals surface area (Å²) >= 11 is 7.51. The summed E-state index contributed by atoms with van der Waals surface area (Å²) in [7, 11) is 0. The van der Waals surface area contributed by atoms with Crippen LogP contribution >= 0.6 is 23.4 Å². The van der Waals surface area contributed by atoms with Gasteiger partial charge in [-0.25, -0.2) is 9.97 Å². The van der Waals surface area contributed by atoms with Crippen LogP contribution < -0.4 is 5.32 Å². The molecule has 2 heterocycles. The predicted molar refractivity (Wildman–Crippen MR) is 108 cm³/mol. The van der Waals surface area contributed by atoms with Gasteiger partial charge in [0, 0.05) is 29.3 Å². The number of aromatic amines is 1. The zero-order chi connectivity index (χ0) is 19.3. The highest BCUT2D eigenvalue weighted by molar-refractivity contribution is 7.99. The maximum absolute atomic E-state index is 12.4. The monoisotopic (exact) mass is 413 g/mol. The van der Waals surface area contributed by atoms with Crippen LogP contribution in [0.2, 0.25) is 5.02 Å². The molecule has 0 aliphatic heterocycles. The molecule has 0 spiro atoms. The number of benzene rings is 2. The minimum Gasteiger partial charge on any atom is -0.440 e. The lowest BCUT2D eigenvalue weighted by atomic mass is 10.1. The molecular weight excluding hydrogens is 398 g/mol. The van der Waals surface area contributed by atoms with Crippen molar-refractivity contribution in [1.29, 1.82) is 0 Å². The Hall–Kier alpha value is -2.84. The van der Waals surface area contributed by atoms with Crippen LogP contribution in [-0.2, 0) is 6.42 Å². The van der Waals surface area contributed by atoms with Crippen LogP contribution in [0.3, 0.4) is 0 Å². The number of hydrogen-bond donors (Lipinski definition) is 2. The molecule has 0 aliphatic rings. The van der Waals surface area contributed by atoms with Gasteiger partial charge >= 0.3 is 0 Å². The summed E-state index contributed by atoms with van der Waals surface area (Å²) in [5.74, 6) is 1.11. The molecule has 0 saturated carbocycles. The summed E-state index contributed by atoms with van der Waals surface area (Å²) in [5.41, 5.74) is 2.85. The van der Waals surface area contributed by atoms with E-state index < -0.39 is 0 Å². The fourth-order valence-corrected chi connectivity index (χ4v) is 3.54. The lowest BCUT2D eigenvalue weighted by molar-refractivity contribution is 0.0956. The van der Waals surface area contributed by atoms with E-state index in [9.17, 15) is 4.79 Å². The van der Waals surface area contributed by atoms with Crippen molar-refractivity contribution in [3.8, 4) is 0 Å². The second-order valence-electron chi connectivity index (χ2n) is 5.99. The van der Waals surface area contributed by atoms with Crippen molar-refractivity contribution in [2.75, 3.05) is 12.3 Å². The summed E-state index contributed by atoms with van der Waals surface area (Å²) in [6.45, 7) is 0.513. The van der Waals surface area contributed by atoms with Crippen LogP contribution in [-0.4, -0.2) is 38.4 Å². The Morgan fingerprint density at radius 3 is 3.00 bits per heavy atom. The smallest absolute Gasteiger partial charge is 0.251 e. The SMILES string of the molecule is O=C(NCCSc1ncn[nH]1)c1ccc2nc(Cc3cccc(Cl)c3)oc2c1. The molecule has 0 bridgehead atoms. The molecule has 0 atom stereocenters. The highest BCUT2D eigenvalue weighted by Gasteiger charge is 2.11. The van der Waals surface area contributed by atoms with Crippen molar-refractivity contribution in [3.05, 3.63) is 70.8 Å². The van der Waals surface area contributed by atoms with Crippen molar-refractivity contribution in [3.63, 3.8) is 0 Å². The number of oxazole rings is 1. The quantitative estimate of drug-likeness (QED) is 0.354.